The van der Waals surface area contributed by atoms with Crippen molar-refractivity contribution in [3.63, 3.8) is 0 Å². The highest BCUT2D eigenvalue weighted by Crippen LogP contribution is 2.29. The fourth-order valence-corrected chi connectivity index (χ4v) is 2.99. The minimum absolute atomic E-state index is 0.285. The lowest BCUT2D eigenvalue weighted by Gasteiger charge is -2.11. The summed E-state index contributed by atoms with van der Waals surface area (Å²) < 4.78 is 19.3. The van der Waals surface area contributed by atoms with Crippen LogP contribution in [0.2, 0.25) is 5.02 Å². The van der Waals surface area contributed by atoms with Gasteiger partial charge in [0.05, 0.1) is 4.47 Å². The van der Waals surface area contributed by atoms with Crippen LogP contribution in [0.15, 0.2) is 40.9 Å². The number of hydrogen-bond donors (Lipinski definition) is 0. The molecule has 0 bridgehead atoms. The molecule has 0 aromatic heterocycles. The molecule has 0 aliphatic heterocycles. The van der Waals surface area contributed by atoms with Crippen molar-refractivity contribution >= 4 is 43.5 Å². The first-order chi connectivity index (χ1) is 9.11. The fourth-order valence-electron chi connectivity index (χ4n) is 1.59. The van der Waals surface area contributed by atoms with E-state index >= 15 is 0 Å². The Morgan fingerprint density at radius 2 is 2.00 bits per heavy atom. The molecule has 2 rings (SSSR count). The third kappa shape index (κ3) is 3.71. The molecular weight excluding hydrogens is 398 g/mol. The minimum atomic E-state index is -0.285. The maximum atomic E-state index is 13.1. The molecular formula is C14H10Br2ClFO. The molecule has 5 heteroatoms. The summed E-state index contributed by atoms with van der Waals surface area (Å²) in [5.74, 6) is 0.442. The first-order valence-corrected chi connectivity index (χ1v) is 7.81. The molecule has 0 saturated carbocycles. The van der Waals surface area contributed by atoms with Crippen molar-refractivity contribution in [2.75, 3.05) is 0 Å². The molecule has 0 amide bonds. The zero-order chi connectivity index (χ0) is 13.8. The van der Waals surface area contributed by atoms with Gasteiger partial charge in [0.1, 0.15) is 18.2 Å². The molecule has 0 aliphatic rings. The summed E-state index contributed by atoms with van der Waals surface area (Å²) in [5.41, 5.74) is 1.79. The lowest BCUT2D eigenvalue weighted by Crippen LogP contribution is -1.98. The van der Waals surface area contributed by atoms with Crippen molar-refractivity contribution in [2.24, 2.45) is 0 Å². The van der Waals surface area contributed by atoms with Crippen LogP contribution in [0.1, 0.15) is 11.1 Å². The van der Waals surface area contributed by atoms with Crippen LogP contribution in [0.4, 0.5) is 4.39 Å². The summed E-state index contributed by atoms with van der Waals surface area (Å²) in [6, 6.07) is 10.3. The second kappa shape index (κ2) is 6.73. The average molecular weight is 408 g/mol. The third-order valence-corrected chi connectivity index (χ3v) is 4.11. The smallest absolute Gasteiger partial charge is 0.137 e. The summed E-state index contributed by atoms with van der Waals surface area (Å²) in [5, 5.41) is 1.28. The summed E-state index contributed by atoms with van der Waals surface area (Å²) in [6.07, 6.45) is 0. The molecule has 0 fully saturated rings. The summed E-state index contributed by atoms with van der Waals surface area (Å²) >= 11 is 12.6. The fraction of sp³-hybridized carbons (Fsp3) is 0.143. The predicted octanol–water partition coefficient (Wildman–Crippen LogP) is 5.72. The van der Waals surface area contributed by atoms with Gasteiger partial charge in [0.2, 0.25) is 0 Å². The molecule has 0 atom stereocenters. The average Bonchev–Trinajstić information content (AvgIpc) is 2.40. The molecule has 2 aromatic rings. The van der Waals surface area contributed by atoms with Crippen molar-refractivity contribution in [3.05, 3.63) is 62.8 Å². The Labute approximate surface area is 133 Å². The minimum Gasteiger partial charge on any atom is -0.489 e. The van der Waals surface area contributed by atoms with Crippen LogP contribution in [-0.2, 0) is 11.9 Å². The predicted molar refractivity (Wildman–Crippen MR) is 82.5 cm³/mol. The van der Waals surface area contributed by atoms with Crippen LogP contribution >= 0.6 is 43.5 Å². The number of rotatable bonds is 4. The van der Waals surface area contributed by atoms with Gasteiger partial charge in [-0.15, -0.1) is 0 Å². The van der Waals surface area contributed by atoms with E-state index in [-0.39, 0.29) is 5.82 Å². The molecule has 0 heterocycles. The van der Waals surface area contributed by atoms with Gasteiger partial charge in [-0.1, -0.05) is 39.7 Å². The number of benzene rings is 2. The lowest BCUT2D eigenvalue weighted by atomic mass is 10.2. The Balaban J connectivity index is 2.14. The van der Waals surface area contributed by atoms with Crippen molar-refractivity contribution < 1.29 is 9.13 Å². The quantitative estimate of drug-likeness (QED) is 0.589. The standard InChI is InChI=1S/C14H10Br2ClFO/c15-7-10-12(17)2-1-3-14(10)19-8-9-4-5-13(18)11(16)6-9/h1-6H,7-8H2. The van der Waals surface area contributed by atoms with E-state index in [1.807, 2.05) is 18.2 Å². The SMILES string of the molecule is Fc1ccc(COc2cccc(Cl)c2CBr)cc1Br. The summed E-state index contributed by atoms with van der Waals surface area (Å²) in [4.78, 5) is 0. The molecule has 1 nitrogen and oxygen atoms in total. The second-order valence-corrected chi connectivity index (χ2v) is 5.71. The van der Waals surface area contributed by atoms with E-state index in [9.17, 15) is 4.39 Å². The number of ether oxygens (including phenoxy) is 1. The van der Waals surface area contributed by atoms with E-state index in [4.69, 9.17) is 16.3 Å². The summed E-state index contributed by atoms with van der Waals surface area (Å²) in [6.45, 7) is 0.360. The molecule has 0 N–H and O–H groups in total. The molecule has 19 heavy (non-hydrogen) atoms. The van der Waals surface area contributed by atoms with Crippen molar-refractivity contribution in [1.82, 2.24) is 0 Å². The molecule has 2 aromatic carbocycles. The summed E-state index contributed by atoms with van der Waals surface area (Å²) in [7, 11) is 0. The molecule has 0 aliphatic carbocycles. The van der Waals surface area contributed by atoms with Crippen LogP contribution in [0.25, 0.3) is 0 Å². The highest BCUT2D eigenvalue weighted by Gasteiger charge is 2.07. The van der Waals surface area contributed by atoms with Crippen LogP contribution in [0, 0.1) is 5.82 Å². The monoisotopic (exact) mass is 406 g/mol. The van der Waals surface area contributed by atoms with Crippen LogP contribution in [-0.4, -0.2) is 0 Å². The van der Waals surface area contributed by atoms with Crippen LogP contribution in [0.5, 0.6) is 5.75 Å². The Bertz CT molecular complexity index is 590. The Kier molecular flexibility index (Phi) is 5.25. The van der Waals surface area contributed by atoms with Crippen LogP contribution < -0.4 is 4.74 Å². The zero-order valence-electron chi connectivity index (χ0n) is 9.80. The second-order valence-electron chi connectivity index (χ2n) is 3.89. The van der Waals surface area contributed by atoms with Crippen molar-refractivity contribution in [2.45, 2.75) is 11.9 Å². The van der Waals surface area contributed by atoms with Gasteiger partial charge in [0, 0.05) is 15.9 Å². The van der Waals surface area contributed by atoms with E-state index in [0.29, 0.717) is 21.4 Å². The van der Waals surface area contributed by atoms with Crippen molar-refractivity contribution in [1.29, 1.82) is 0 Å². The number of halogens is 4. The Morgan fingerprint density at radius 3 is 2.68 bits per heavy atom. The first kappa shape index (κ1) is 14.8. The molecule has 0 unspecified atom stereocenters. The Hall–Kier alpha value is -0.580. The van der Waals surface area contributed by atoms with E-state index in [1.165, 1.54) is 6.07 Å². The van der Waals surface area contributed by atoms with Gasteiger partial charge >= 0.3 is 0 Å². The highest BCUT2D eigenvalue weighted by atomic mass is 79.9. The normalized spacial score (nSPS) is 10.5. The Morgan fingerprint density at radius 1 is 1.21 bits per heavy atom. The maximum Gasteiger partial charge on any atom is 0.137 e. The molecule has 100 valence electrons. The molecule has 0 spiro atoms. The third-order valence-electron chi connectivity index (χ3n) is 2.59. The lowest BCUT2D eigenvalue weighted by molar-refractivity contribution is 0.303. The van der Waals surface area contributed by atoms with Crippen LogP contribution in [0.3, 0.4) is 0 Å². The zero-order valence-corrected chi connectivity index (χ0v) is 13.7. The maximum absolute atomic E-state index is 13.1. The number of hydrogen-bond acceptors (Lipinski definition) is 1. The van der Waals surface area contributed by atoms with Gasteiger partial charge in [-0.2, -0.15) is 0 Å². The van der Waals surface area contributed by atoms with Gasteiger partial charge in [-0.3, -0.25) is 0 Å². The van der Waals surface area contributed by atoms with Gasteiger partial charge in [-0.05, 0) is 45.8 Å². The number of alkyl halides is 1. The van der Waals surface area contributed by atoms with E-state index in [2.05, 4.69) is 31.9 Å². The largest absolute Gasteiger partial charge is 0.489 e. The topological polar surface area (TPSA) is 9.23 Å². The van der Waals surface area contributed by atoms with E-state index in [1.54, 1.807) is 12.1 Å². The van der Waals surface area contributed by atoms with Gasteiger partial charge in [0.15, 0.2) is 0 Å². The van der Waals surface area contributed by atoms with E-state index in [0.717, 1.165) is 16.9 Å². The highest BCUT2D eigenvalue weighted by molar-refractivity contribution is 9.10. The van der Waals surface area contributed by atoms with Crippen molar-refractivity contribution in [3.8, 4) is 5.75 Å². The van der Waals surface area contributed by atoms with Gasteiger partial charge in [-0.25, -0.2) is 4.39 Å². The molecule has 0 saturated heterocycles. The molecule has 0 radical (unpaired) electrons. The first-order valence-electron chi connectivity index (χ1n) is 5.52. The van der Waals surface area contributed by atoms with Gasteiger partial charge < -0.3 is 4.74 Å². The van der Waals surface area contributed by atoms with E-state index < -0.39 is 0 Å². The van der Waals surface area contributed by atoms with Gasteiger partial charge in [0.25, 0.3) is 0 Å².